The van der Waals surface area contributed by atoms with E-state index in [0.717, 1.165) is 82.3 Å². The molecule has 10 heteroatoms. The molecule has 4 aliphatic rings. The Hall–Kier alpha value is -3.34. The smallest absolute Gasteiger partial charge is 0.188 e. The number of likely N-dealkylation sites (tertiary alicyclic amines) is 1. The van der Waals surface area contributed by atoms with Gasteiger partial charge >= 0.3 is 0 Å². The number of anilines is 1. The zero-order valence-electron chi connectivity index (χ0n) is 23.3. The van der Waals surface area contributed by atoms with E-state index in [1.807, 2.05) is 12.3 Å². The van der Waals surface area contributed by atoms with Crippen LogP contribution in [0.25, 0.3) is 0 Å². The molecule has 1 saturated carbocycles. The Labute approximate surface area is 239 Å². The van der Waals surface area contributed by atoms with Crippen molar-refractivity contribution in [3.8, 4) is 17.2 Å². The van der Waals surface area contributed by atoms with Crippen LogP contribution in [0, 0.1) is 11.2 Å². The van der Waals surface area contributed by atoms with Crippen LogP contribution in [0.5, 0.6) is 17.2 Å². The van der Waals surface area contributed by atoms with E-state index in [-0.39, 0.29) is 23.4 Å². The van der Waals surface area contributed by atoms with E-state index in [9.17, 15) is 9.50 Å². The molecule has 2 aromatic heterocycles. The van der Waals surface area contributed by atoms with E-state index in [4.69, 9.17) is 9.47 Å². The van der Waals surface area contributed by atoms with Crippen molar-refractivity contribution in [1.29, 1.82) is 0 Å². The first-order valence-electron chi connectivity index (χ1n) is 14.8. The van der Waals surface area contributed by atoms with E-state index in [0.29, 0.717) is 18.0 Å². The number of fused-ring (bicyclic) bond motifs is 1. The van der Waals surface area contributed by atoms with Crippen LogP contribution >= 0.6 is 0 Å². The highest BCUT2D eigenvalue weighted by atomic mass is 19.1. The minimum absolute atomic E-state index is 0.181. The molecule has 1 aromatic carbocycles. The molecular formula is C31H37FN6O3. The van der Waals surface area contributed by atoms with Gasteiger partial charge in [0.15, 0.2) is 11.6 Å². The fraction of sp³-hybridized carbons (Fsp3) is 0.516. The standard InChI is InChI=1S/C31H37FN6O3/c32-22-3-5-24(6-4-22)40-29-15-33-21-35-30(29)38-19-31(20-38)13-25(14-31)41-28-7-9-34-27-8-12-37(18-26(27)28)17-23(39)16-36-10-1-2-11-36/h3-7,9,15,21,23,25,39H,1-2,8,10-14,16-20H2. The lowest BCUT2D eigenvalue weighted by molar-refractivity contribution is -0.0354. The first kappa shape index (κ1) is 26.6. The van der Waals surface area contributed by atoms with E-state index < -0.39 is 0 Å². The van der Waals surface area contributed by atoms with Crippen LogP contribution in [0.1, 0.15) is 36.9 Å². The first-order chi connectivity index (χ1) is 20.0. The Morgan fingerprint density at radius 2 is 1.76 bits per heavy atom. The number of aliphatic hydroxyl groups is 1. The van der Waals surface area contributed by atoms with Gasteiger partial charge in [-0.2, -0.15) is 0 Å². The minimum Gasteiger partial charge on any atom is -0.490 e. The largest absolute Gasteiger partial charge is 0.490 e. The molecule has 3 fully saturated rings. The third-order valence-electron chi connectivity index (χ3n) is 8.95. The maximum atomic E-state index is 13.3. The predicted octanol–water partition coefficient (Wildman–Crippen LogP) is 3.67. The maximum absolute atomic E-state index is 13.3. The molecule has 9 nitrogen and oxygen atoms in total. The summed E-state index contributed by atoms with van der Waals surface area (Å²) in [6.45, 7) is 7.11. The molecule has 2 saturated heterocycles. The normalized spacial score (nSPS) is 21.3. The fourth-order valence-corrected chi connectivity index (χ4v) is 6.94. The second-order valence-corrected chi connectivity index (χ2v) is 12.2. The number of nitrogens with zero attached hydrogens (tertiary/aromatic N) is 6. The molecule has 0 radical (unpaired) electrons. The van der Waals surface area contributed by atoms with Crippen LogP contribution in [0.15, 0.2) is 49.1 Å². The first-order valence-corrected chi connectivity index (χ1v) is 14.8. The van der Waals surface area contributed by atoms with Crippen LogP contribution in [-0.2, 0) is 13.0 Å². The van der Waals surface area contributed by atoms with Gasteiger partial charge < -0.3 is 24.4 Å². The number of hydrogen-bond acceptors (Lipinski definition) is 9. The average molecular weight is 561 g/mol. The summed E-state index contributed by atoms with van der Waals surface area (Å²) < 4.78 is 25.8. The van der Waals surface area contributed by atoms with E-state index in [1.54, 1.807) is 18.3 Å². The molecular weight excluding hydrogens is 523 g/mol. The predicted molar refractivity (Wildman–Crippen MR) is 152 cm³/mol. The molecule has 5 heterocycles. The monoisotopic (exact) mass is 560 g/mol. The van der Waals surface area contributed by atoms with Gasteiger partial charge in [0.25, 0.3) is 0 Å². The van der Waals surface area contributed by atoms with Crippen molar-refractivity contribution < 1.29 is 19.0 Å². The second kappa shape index (κ2) is 11.2. The molecule has 216 valence electrons. The molecule has 3 aromatic rings. The van der Waals surface area contributed by atoms with E-state index in [2.05, 4.69) is 29.7 Å². The summed E-state index contributed by atoms with van der Waals surface area (Å²) in [5.74, 6) is 2.52. The topological polar surface area (TPSA) is 87.1 Å². The van der Waals surface area contributed by atoms with Gasteiger partial charge in [-0.05, 0) is 69.1 Å². The van der Waals surface area contributed by atoms with Crippen LogP contribution in [0.4, 0.5) is 10.2 Å². The molecule has 1 aliphatic carbocycles. The molecule has 0 bridgehead atoms. The van der Waals surface area contributed by atoms with E-state index in [1.165, 1.54) is 36.9 Å². The van der Waals surface area contributed by atoms with Gasteiger partial charge in [0.1, 0.15) is 29.7 Å². The summed E-state index contributed by atoms with van der Waals surface area (Å²) in [7, 11) is 0. The van der Waals surface area contributed by atoms with Crippen molar-refractivity contribution in [1.82, 2.24) is 24.8 Å². The van der Waals surface area contributed by atoms with Crippen molar-refractivity contribution in [2.75, 3.05) is 50.7 Å². The van der Waals surface area contributed by atoms with Crippen molar-refractivity contribution in [2.24, 2.45) is 5.41 Å². The van der Waals surface area contributed by atoms with Crippen molar-refractivity contribution >= 4 is 5.82 Å². The molecule has 3 aliphatic heterocycles. The highest BCUT2D eigenvalue weighted by Gasteiger charge is 2.54. The Morgan fingerprint density at radius 1 is 0.976 bits per heavy atom. The van der Waals surface area contributed by atoms with Gasteiger partial charge in [-0.1, -0.05) is 0 Å². The number of rotatable bonds is 9. The summed E-state index contributed by atoms with van der Waals surface area (Å²) in [4.78, 5) is 20.2. The molecule has 1 atom stereocenters. The van der Waals surface area contributed by atoms with Gasteiger partial charge in [0, 0.05) is 68.6 Å². The Kier molecular flexibility index (Phi) is 7.22. The molecule has 0 amide bonds. The van der Waals surface area contributed by atoms with Gasteiger partial charge in [0.2, 0.25) is 0 Å². The Morgan fingerprint density at radius 3 is 2.56 bits per heavy atom. The zero-order chi connectivity index (χ0) is 27.8. The van der Waals surface area contributed by atoms with Crippen LogP contribution in [0.3, 0.4) is 0 Å². The lowest BCUT2D eigenvalue weighted by atomic mass is 9.61. The molecule has 1 unspecified atom stereocenters. The quantitative estimate of drug-likeness (QED) is 0.421. The molecule has 1 N–H and O–H groups in total. The second-order valence-electron chi connectivity index (χ2n) is 12.2. The van der Waals surface area contributed by atoms with E-state index >= 15 is 0 Å². The molecule has 41 heavy (non-hydrogen) atoms. The average Bonchev–Trinajstić information content (AvgIpc) is 3.44. The fourth-order valence-electron chi connectivity index (χ4n) is 6.94. The number of benzene rings is 1. The number of pyridine rings is 1. The number of hydrogen-bond donors (Lipinski definition) is 1. The lowest BCUT2D eigenvalue weighted by Crippen LogP contribution is -2.65. The van der Waals surface area contributed by atoms with Crippen molar-refractivity contribution in [2.45, 2.75) is 50.9 Å². The molecule has 7 rings (SSSR count). The molecule has 1 spiro atoms. The minimum atomic E-state index is -0.333. The van der Waals surface area contributed by atoms with Crippen molar-refractivity contribution in [3.63, 3.8) is 0 Å². The third-order valence-corrected chi connectivity index (χ3v) is 8.95. The highest BCUT2D eigenvalue weighted by molar-refractivity contribution is 5.55. The zero-order valence-corrected chi connectivity index (χ0v) is 23.3. The van der Waals surface area contributed by atoms with Crippen LogP contribution in [-0.4, -0.2) is 87.9 Å². The Bertz CT molecular complexity index is 1350. The Balaban J connectivity index is 0.932. The van der Waals surface area contributed by atoms with Crippen LogP contribution in [0.2, 0.25) is 0 Å². The van der Waals surface area contributed by atoms with Crippen molar-refractivity contribution in [3.05, 3.63) is 66.1 Å². The summed E-state index contributed by atoms with van der Waals surface area (Å²) in [6, 6.07) is 7.96. The third kappa shape index (κ3) is 5.73. The number of aliphatic hydroxyl groups excluding tert-OH is 1. The van der Waals surface area contributed by atoms with Crippen LogP contribution < -0.4 is 14.4 Å². The summed E-state index contributed by atoms with van der Waals surface area (Å²) in [6.07, 6.45) is 10.3. The highest BCUT2D eigenvalue weighted by Crippen LogP contribution is 2.52. The number of aromatic nitrogens is 3. The lowest BCUT2D eigenvalue weighted by Gasteiger charge is -2.59. The van der Waals surface area contributed by atoms with Gasteiger partial charge in [0.05, 0.1) is 12.3 Å². The summed E-state index contributed by atoms with van der Waals surface area (Å²) in [5.41, 5.74) is 2.52. The number of β-amino-alcohol motifs (C(OH)–C–C–N with tert-alkyl or cyclic N) is 1. The van der Waals surface area contributed by atoms with Gasteiger partial charge in [-0.25, -0.2) is 14.4 Å². The summed E-state index contributed by atoms with van der Waals surface area (Å²) in [5, 5.41) is 10.7. The maximum Gasteiger partial charge on any atom is 0.188 e. The number of ether oxygens (including phenoxy) is 2. The van der Waals surface area contributed by atoms with Gasteiger partial charge in [-0.3, -0.25) is 9.88 Å². The SMILES string of the molecule is OC(CN1CCCC1)CN1CCc2nccc(OC3CC4(C3)CN(c3ncncc3Oc3ccc(F)cc3)C4)c2C1. The number of halogens is 1. The van der Waals surface area contributed by atoms with Gasteiger partial charge in [-0.15, -0.1) is 0 Å². The summed E-state index contributed by atoms with van der Waals surface area (Å²) >= 11 is 0.